The normalized spacial score (nSPS) is 19.0. The lowest BCUT2D eigenvalue weighted by Gasteiger charge is -2.34. The number of benzene rings is 1. The van der Waals surface area contributed by atoms with Crippen molar-refractivity contribution < 1.29 is 9.59 Å². The first-order valence-electron chi connectivity index (χ1n) is 4.88. The average Bonchev–Trinajstić information content (AvgIpc) is 2.24. The second kappa shape index (κ2) is 2.92. The number of para-hydroxylation sites is 1. The molecule has 0 saturated heterocycles. The largest absolute Gasteiger partial charge is 0.314 e. The molecule has 1 aromatic carbocycles. The molecule has 3 heteroatoms. The predicted molar refractivity (Wildman–Crippen MR) is 58.0 cm³/mol. The summed E-state index contributed by atoms with van der Waals surface area (Å²) < 4.78 is 0. The first-order chi connectivity index (χ1) is 6.96. The SMILES string of the molecule is CN1C(=O)C(C)(C)C(=O)c2ccccc21. The summed E-state index contributed by atoms with van der Waals surface area (Å²) in [6.07, 6.45) is 0. The Labute approximate surface area is 88.7 Å². The van der Waals surface area contributed by atoms with E-state index in [0.29, 0.717) is 11.3 Å². The van der Waals surface area contributed by atoms with Crippen LogP contribution in [0.2, 0.25) is 0 Å². The van der Waals surface area contributed by atoms with Crippen molar-refractivity contribution in [1.82, 2.24) is 0 Å². The van der Waals surface area contributed by atoms with Gasteiger partial charge in [0.25, 0.3) is 0 Å². The second-order valence-corrected chi connectivity index (χ2v) is 4.34. The zero-order chi connectivity index (χ0) is 11.2. The van der Waals surface area contributed by atoms with Crippen LogP contribution in [0.25, 0.3) is 0 Å². The Hall–Kier alpha value is -1.64. The number of carbonyl (C=O) groups is 2. The summed E-state index contributed by atoms with van der Waals surface area (Å²) in [7, 11) is 1.70. The Morgan fingerprint density at radius 2 is 1.73 bits per heavy atom. The summed E-state index contributed by atoms with van der Waals surface area (Å²) in [6.45, 7) is 3.34. The molecule has 1 heterocycles. The van der Waals surface area contributed by atoms with Crippen molar-refractivity contribution in [2.45, 2.75) is 13.8 Å². The van der Waals surface area contributed by atoms with E-state index in [1.54, 1.807) is 37.9 Å². The molecule has 0 spiro atoms. The monoisotopic (exact) mass is 203 g/mol. The number of anilines is 1. The fraction of sp³-hybridized carbons (Fsp3) is 0.333. The van der Waals surface area contributed by atoms with E-state index in [4.69, 9.17) is 0 Å². The van der Waals surface area contributed by atoms with Crippen LogP contribution in [0.5, 0.6) is 0 Å². The van der Waals surface area contributed by atoms with Gasteiger partial charge in [-0.1, -0.05) is 12.1 Å². The average molecular weight is 203 g/mol. The molecule has 1 aliphatic rings. The number of carbonyl (C=O) groups excluding carboxylic acids is 2. The highest BCUT2D eigenvalue weighted by Crippen LogP contribution is 2.35. The van der Waals surface area contributed by atoms with Gasteiger partial charge in [-0.15, -0.1) is 0 Å². The fourth-order valence-electron chi connectivity index (χ4n) is 1.92. The lowest BCUT2D eigenvalue weighted by atomic mass is 9.79. The maximum atomic E-state index is 12.0. The summed E-state index contributed by atoms with van der Waals surface area (Å²) in [6, 6.07) is 7.20. The van der Waals surface area contributed by atoms with Gasteiger partial charge in [0, 0.05) is 12.6 Å². The fourth-order valence-corrected chi connectivity index (χ4v) is 1.92. The summed E-state index contributed by atoms with van der Waals surface area (Å²) >= 11 is 0. The Morgan fingerprint density at radius 3 is 2.40 bits per heavy atom. The molecule has 0 fully saturated rings. The minimum Gasteiger partial charge on any atom is -0.314 e. The van der Waals surface area contributed by atoms with Crippen LogP contribution < -0.4 is 4.90 Å². The van der Waals surface area contributed by atoms with Gasteiger partial charge in [0.05, 0.1) is 5.69 Å². The second-order valence-electron chi connectivity index (χ2n) is 4.34. The highest BCUT2D eigenvalue weighted by molar-refractivity contribution is 6.24. The van der Waals surface area contributed by atoms with Gasteiger partial charge in [0.15, 0.2) is 5.78 Å². The summed E-state index contributed by atoms with van der Waals surface area (Å²) in [4.78, 5) is 25.5. The number of amides is 1. The highest BCUT2D eigenvalue weighted by atomic mass is 16.2. The van der Waals surface area contributed by atoms with Crippen molar-refractivity contribution >= 4 is 17.4 Å². The smallest absolute Gasteiger partial charge is 0.240 e. The minimum absolute atomic E-state index is 0.0961. The highest BCUT2D eigenvalue weighted by Gasteiger charge is 2.44. The molecule has 0 aliphatic carbocycles. The molecule has 3 nitrogen and oxygen atoms in total. The van der Waals surface area contributed by atoms with Gasteiger partial charge in [-0.05, 0) is 26.0 Å². The number of rotatable bonds is 0. The van der Waals surface area contributed by atoms with E-state index in [9.17, 15) is 9.59 Å². The molecule has 0 radical (unpaired) electrons. The van der Waals surface area contributed by atoms with Gasteiger partial charge in [-0.3, -0.25) is 9.59 Å². The number of hydrogen-bond acceptors (Lipinski definition) is 2. The predicted octanol–water partition coefficient (Wildman–Crippen LogP) is 1.87. The summed E-state index contributed by atoms with van der Waals surface area (Å²) in [5.74, 6) is -0.243. The van der Waals surface area contributed by atoms with E-state index in [-0.39, 0.29) is 11.7 Å². The van der Waals surface area contributed by atoms with Crippen molar-refractivity contribution in [2.24, 2.45) is 5.41 Å². The number of fused-ring (bicyclic) bond motifs is 1. The molecule has 0 unspecified atom stereocenters. The van der Waals surface area contributed by atoms with E-state index in [1.165, 1.54) is 0 Å². The zero-order valence-electron chi connectivity index (χ0n) is 9.07. The Kier molecular flexibility index (Phi) is 1.93. The third-order valence-corrected chi connectivity index (χ3v) is 2.92. The van der Waals surface area contributed by atoms with Gasteiger partial charge in [-0.25, -0.2) is 0 Å². The minimum atomic E-state index is -0.941. The van der Waals surface area contributed by atoms with Crippen molar-refractivity contribution in [3.8, 4) is 0 Å². The van der Waals surface area contributed by atoms with E-state index in [0.717, 1.165) is 0 Å². The molecule has 2 rings (SSSR count). The van der Waals surface area contributed by atoms with Gasteiger partial charge in [-0.2, -0.15) is 0 Å². The third kappa shape index (κ3) is 1.19. The molecule has 0 N–H and O–H groups in total. The molecule has 15 heavy (non-hydrogen) atoms. The molecule has 1 aromatic rings. The van der Waals surface area contributed by atoms with Crippen molar-refractivity contribution in [2.75, 3.05) is 11.9 Å². The van der Waals surface area contributed by atoms with E-state index in [2.05, 4.69) is 0 Å². The Balaban J connectivity index is 2.68. The molecule has 78 valence electrons. The first kappa shape index (κ1) is 9.90. The van der Waals surface area contributed by atoms with Crippen LogP contribution in [0.1, 0.15) is 24.2 Å². The summed E-state index contributed by atoms with van der Waals surface area (Å²) in [5.41, 5.74) is 0.389. The molecule has 0 bridgehead atoms. The number of nitrogens with zero attached hydrogens (tertiary/aromatic N) is 1. The van der Waals surface area contributed by atoms with Crippen LogP contribution in [0.4, 0.5) is 5.69 Å². The van der Waals surface area contributed by atoms with Gasteiger partial charge in [0.1, 0.15) is 5.41 Å². The van der Waals surface area contributed by atoms with Crippen LogP contribution in [0.3, 0.4) is 0 Å². The first-order valence-corrected chi connectivity index (χ1v) is 4.88. The molecule has 0 atom stereocenters. The summed E-state index contributed by atoms with van der Waals surface area (Å²) in [5, 5.41) is 0. The number of ketones is 1. The Bertz CT molecular complexity index is 449. The van der Waals surface area contributed by atoms with Gasteiger partial charge in [0.2, 0.25) is 5.91 Å². The molecule has 0 aromatic heterocycles. The molecule has 0 saturated carbocycles. The van der Waals surface area contributed by atoms with Crippen LogP contribution in [-0.2, 0) is 4.79 Å². The van der Waals surface area contributed by atoms with Crippen LogP contribution in [0, 0.1) is 5.41 Å². The van der Waals surface area contributed by atoms with Crippen molar-refractivity contribution in [3.05, 3.63) is 29.8 Å². The third-order valence-electron chi connectivity index (χ3n) is 2.92. The van der Waals surface area contributed by atoms with Gasteiger partial charge < -0.3 is 4.90 Å². The van der Waals surface area contributed by atoms with E-state index in [1.807, 2.05) is 12.1 Å². The number of Topliss-reactive ketones (excluding diaryl/α,β-unsaturated/α-hetero) is 1. The van der Waals surface area contributed by atoms with E-state index >= 15 is 0 Å². The van der Waals surface area contributed by atoms with Crippen LogP contribution in [-0.4, -0.2) is 18.7 Å². The lowest BCUT2D eigenvalue weighted by Crippen LogP contribution is -2.48. The van der Waals surface area contributed by atoms with Crippen molar-refractivity contribution in [1.29, 1.82) is 0 Å². The molecule has 1 amide bonds. The van der Waals surface area contributed by atoms with E-state index < -0.39 is 5.41 Å². The quantitative estimate of drug-likeness (QED) is 0.604. The Morgan fingerprint density at radius 1 is 1.13 bits per heavy atom. The van der Waals surface area contributed by atoms with Gasteiger partial charge >= 0.3 is 0 Å². The molecular formula is C12H13NO2. The maximum absolute atomic E-state index is 12.0. The lowest BCUT2D eigenvalue weighted by molar-refractivity contribution is -0.124. The van der Waals surface area contributed by atoms with Crippen molar-refractivity contribution in [3.63, 3.8) is 0 Å². The maximum Gasteiger partial charge on any atom is 0.240 e. The number of hydrogen-bond donors (Lipinski definition) is 0. The molecular weight excluding hydrogens is 190 g/mol. The topological polar surface area (TPSA) is 37.4 Å². The zero-order valence-corrected chi connectivity index (χ0v) is 9.07. The molecule has 1 aliphatic heterocycles. The van der Waals surface area contributed by atoms with Crippen LogP contribution in [0.15, 0.2) is 24.3 Å². The van der Waals surface area contributed by atoms with Crippen LogP contribution >= 0.6 is 0 Å². The standard InChI is InChI=1S/C12H13NO2/c1-12(2)10(14)8-6-4-5-7-9(8)13(3)11(12)15/h4-7H,1-3H3.